The highest BCUT2D eigenvalue weighted by Gasteiger charge is 2.21. The predicted molar refractivity (Wildman–Crippen MR) is 394 cm³/mol. The fourth-order valence-electron chi connectivity index (χ4n) is 13.3. The summed E-state index contributed by atoms with van der Waals surface area (Å²) < 4.78 is 3.82. The van der Waals surface area contributed by atoms with Crippen molar-refractivity contribution in [2.45, 2.75) is 0 Å². The molecular weight excluding hydrogens is 1140 g/mol. The molecule has 16 rings (SSSR count). The standard InChI is InChI=1S/C91H62N2O/c94-91-92(87-59-83(79-43-19-39-75(53-79)71-35-15-31-67(49-71)63-23-5-1-6-24-63)57-84(60-87)80-44-20-40-76(54-80)72-36-16-32-68(50-72)64-25-7-2-8-26-64)89-47-13-14-48-90(89)93(91)88-61-85(81-45-21-41-77(55-81)73-37-17-33-69(51-73)65-27-9-3-10-28-65)58-86(62-88)82-46-22-42-78(56-82)74-38-18-34-70(52-74)66-29-11-4-12-30-66/h1-62H. The summed E-state index contributed by atoms with van der Waals surface area (Å²) in [5.74, 6) is 0. The Labute approximate surface area is 548 Å². The van der Waals surface area contributed by atoms with Gasteiger partial charge in [0.15, 0.2) is 0 Å². The molecule has 1 aromatic heterocycles. The quantitative estimate of drug-likeness (QED) is 0.107. The van der Waals surface area contributed by atoms with Gasteiger partial charge >= 0.3 is 5.69 Å². The largest absolute Gasteiger partial charge is 0.338 e. The van der Waals surface area contributed by atoms with Crippen molar-refractivity contribution in [1.82, 2.24) is 9.13 Å². The molecular formula is C91H62N2O. The Morgan fingerprint density at radius 2 is 0.287 bits per heavy atom. The van der Waals surface area contributed by atoms with Crippen LogP contribution in [0.2, 0.25) is 0 Å². The average Bonchev–Trinajstić information content (AvgIpc) is 1.61. The molecule has 0 bridgehead atoms. The zero-order valence-electron chi connectivity index (χ0n) is 51.6. The van der Waals surface area contributed by atoms with E-state index in [4.69, 9.17) is 0 Å². The highest BCUT2D eigenvalue weighted by molar-refractivity contribution is 5.88. The van der Waals surface area contributed by atoms with E-state index in [1.54, 1.807) is 0 Å². The molecule has 94 heavy (non-hydrogen) atoms. The molecule has 442 valence electrons. The van der Waals surface area contributed by atoms with Crippen molar-refractivity contribution >= 4 is 11.0 Å². The van der Waals surface area contributed by atoms with Crippen LogP contribution in [0.15, 0.2) is 381 Å². The third-order valence-electron chi connectivity index (χ3n) is 18.1. The van der Waals surface area contributed by atoms with Crippen LogP contribution in [0, 0.1) is 0 Å². The summed E-state index contributed by atoms with van der Waals surface area (Å²) in [6.45, 7) is 0. The molecule has 0 aliphatic rings. The Morgan fingerprint density at radius 1 is 0.138 bits per heavy atom. The minimum Gasteiger partial charge on any atom is -0.260 e. The van der Waals surface area contributed by atoms with E-state index in [9.17, 15) is 0 Å². The summed E-state index contributed by atoms with van der Waals surface area (Å²) in [7, 11) is 0. The lowest BCUT2D eigenvalue weighted by atomic mass is 9.93. The van der Waals surface area contributed by atoms with Crippen molar-refractivity contribution < 1.29 is 0 Å². The fourth-order valence-corrected chi connectivity index (χ4v) is 13.3. The molecule has 0 aliphatic heterocycles. The first-order chi connectivity index (χ1) is 46.5. The van der Waals surface area contributed by atoms with E-state index >= 15 is 4.79 Å². The van der Waals surface area contributed by atoms with Crippen LogP contribution in [0.5, 0.6) is 0 Å². The summed E-state index contributed by atoms with van der Waals surface area (Å²) in [6.07, 6.45) is 0. The van der Waals surface area contributed by atoms with Crippen LogP contribution in [-0.4, -0.2) is 9.13 Å². The van der Waals surface area contributed by atoms with E-state index in [1.165, 1.54) is 22.3 Å². The first kappa shape index (κ1) is 56.8. The van der Waals surface area contributed by atoms with Crippen molar-refractivity contribution in [1.29, 1.82) is 0 Å². The molecule has 0 fully saturated rings. The van der Waals surface area contributed by atoms with Crippen molar-refractivity contribution in [3.05, 3.63) is 387 Å². The number of rotatable bonds is 14. The zero-order chi connectivity index (χ0) is 62.7. The molecule has 16 aromatic rings. The van der Waals surface area contributed by atoms with E-state index in [-0.39, 0.29) is 5.69 Å². The molecule has 1 heterocycles. The van der Waals surface area contributed by atoms with Gasteiger partial charge in [-0.1, -0.05) is 279 Å². The number of para-hydroxylation sites is 2. The van der Waals surface area contributed by atoms with Gasteiger partial charge in [0.2, 0.25) is 0 Å². The number of hydrogen-bond acceptors (Lipinski definition) is 1. The van der Waals surface area contributed by atoms with Gasteiger partial charge in [0.25, 0.3) is 0 Å². The smallest absolute Gasteiger partial charge is 0.260 e. The number of imidazole rings is 1. The fraction of sp³-hybridized carbons (Fsp3) is 0. The van der Waals surface area contributed by atoms with Crippen LogP contribution in [0.3, 0.4) is 0 Å². The Kier molecular flexibility index (Phi) is 15.2. The van der Waals surface area contributed by atoms with Crippen LogP contribution in [0.1, 0.15) is 0 Å². The van der Waals surface area contributed by atoms with E-state index in [0.717, 1.165) is 134 Å². The Bertz CT molecular complexity index is 4880. The molecule has 0 spiro atoms. The van der Waals surface area contributed by atoms with Crippen LogP contribution in [-0.2, 0) is 0 Å². The van der Waals surface area contributed by atoms with E-state index in [1.807, 2.05) is 21.3 Å². The average molecular weight is 1200 g/mol. The number of fused-ring (bicyclic) bond motifs is 1. The summed E-state index contributed by atoms with van der Waals surface area (Å²) >= 11 is 0. The zero-order valence-corrected chi connectivity index (χ0v) is 51.6. The van der Waals surface area contributed by atoms with Crippen molar-refractivity contribution in [2.75, 3.05) is 0 Å². The molecule has 3 heteroatoms. The SMILES string of the molecule is O=c1n(-c2cc(-c3cccc(-c4cccc(-c5ccccc5)c4)c3)cc(-c3cccc(-c4cccc(-c5ccccc5)c4)c3)c2)c2ccccc2n1-c1cc(-c2cccc(-c3cccc(-c4ccccc4)c3)c2)cc(-c2cccc(-c3cccc(-c4ccccc4)c3)c2)c1. The van der Waals surface area contributed by atoms with Crippen molar-refractivity contribution in [2.24, 2.45) is 0 Å². The maximum atomic E-state index is 16.4. The third kappa shape index (κ3) is 11.5. The summed E-state index contributed by atoms with van der Waals surface area (Å²) in [5.41, 5.74) is 29.2. The van der Waals surface area contributed by atoms with Crippen LogP contribution in [0.4, 0.5) is 0 Å². The number of nitrogens with zero attached hydrogens (tertiary/aromatic N) is 2. The normalized spacial score (nSPS) is 11.2. The minimum atomic E-state index is -0.177. The molecule has 0 aliphatic carbocycles. The molecule has 3 nitrogen and oxygen atoms in total. The van der Waals surface area contributed by atoms with Gasteiger partial charge in [-0.15, -0.1) is 0 Å². The lowest BCUT2D eigenvalue weighted by Crippen LogP contribution is -2.22. The topological polar surface area (TPSA) is 26.9 Å². The minimum absolute atomic E-state index is 0.177. The first-order valence-electron chi connectivity index (χ1n) is 32.1. The van der Waals surface area contributed by atoms with Crippen molar-refractivity contribution in [3.8, 4) is 145 Å². The van der Waals surface area contributed by atoms with Gasteiger partial charge in [-0.3, -0.25) is 9.13 Å². The van der Waals surface area contributed by atoms with E-state index in [0.29, 0.717) is 0 Å². The van der Waals surface area contributed by atoms with E-state index in [2.05, 4.69) is 364 Å². The lowest BCUT2D eigenvalue weighted by Gasteiger charge is -2.15. The second-order valence-electron chi connectivity index (χ2n) is 24.1. The van der Waals surface area contributed by atoms with Crippen LogP contribution in [0.25, 0.3) is 156 Å². The Hall–Kier alpha value is -12.4. The molecule has 0 atom stereocenters. The molecule has 0 saturated carbocycles. The summed E-state index contributed by atoms with van der Waals surface area (Å²) in [5, 5.41) is 0. The van der Waals surface area contributed by atoms with Crippen LogP contribution >= 0.6 is 0 Å². The molecule has 0 saturated heterocycles. The van der Waals surface area contributed by atoms with Gasteiger partial charge in [0.1, 0.15) is 0 Å². The third-order valence-corrected chi connectivity index (χ3v) is 18.1. The maximum absolute atomic E-state index is 16.4. The Morgan fingerprint density at radius 3 is 0.489 bits per heavy atom. The molecule has 0 radical (unpaired) electrons. The van der Waals surface area contributed by atoms with Gasteiger partial charge in [0, 0.05) is 0 Å². The highest BCUT2D eigenvalue weighted by atomic mass is 16.1. The Balaban J connectivity index is 0.866. The maximum Gasteiger partial charge on any atom is 0.338 e. The highest BCUT2D eigenvalue weighted by Crippen LogP contribution is 2.40. The molecule has 15 aromatic carbocycles. The monoisotopic (exact) mass is 1200 g/mol. The second-order valence-corrected chi connectivity index (χ2v) is 24.1. The number of aromatic nitrogens is 2. The van der Waals surface area contributed by atoms with Crippen LogP contribution < -0.4 is 5.69 Å². The van der Waals surface area contributed by atoms with Crippen molar-refractivity contribution in [3.63, 3.8) is 0 Å². The first-order valence-corrected chi connectivity index (χ1v) is 32.1. The van der Waals surface area contributed by atoms with Gasteiger partial charge in [-0.2, -0.15) is 0 Å². The predicted octanol–water partition coefficient (Wildman–Crippen LogP) is 23.8. The number of benzene rings is 15. The molecule has 0 unspecified atom stereocenters. The number of hydrogen-bond donors (Lipinski definition) is 0. The van der Waals surface area contributed by atoms with Gasteiger partial charge in [-0.05, 0) is 231 Å². The lowest BCUT2D eigenvalue weighted by molar-refractivity contribution is 0.931. The van der Waals surface area contributed by atoms with Gasteiger partial charge in [0.05, 0.1) is 22.4 Å². The second kappa shape index (κ2) is 25.1. The molecule has 0 amide bonds. The summed E-state index contributed by atoms with van der Waals surface area (Å²) in [4.78, 5) is 16.4. The van der Waals surface area contributed by atoms with Gasteiger partial charge in [-0.25, -0.2) is 4.79 Å². The van der Waals surface area contributed by atoms with Gasteiger partial charge < -0.3 is 0 Å². The summed E-state index contributed by atoms with van der Waals surface area (Å²) in [6, 6.07) is 134. The molecule has 0 N–H and O–H groups in total. The van der Waals surface area contributed by atoms with E-state index < -0.39 is 0 Å².